The van der Waals surface area contributed by atoms with Crippen molar-refractivity contribution in [3.63, 3.8) is 0 Å². The van der Waals surface area contributed by atoms with E-state index in [9.17, 15) is 0 Å². The zero-order chi connectivity index (χ0) is 18.3. The van der Waals surface area contributed by atoms with Crippen LogP contribution in [0.1, 0.15) is 96.0 Å². The second kappa shape index (κ2) is 14.1. The summed E-state index contributed by atoms with van der Waals surface area (Å²) in [6.45, 7) is 3.98. The molecule has 0 radical (unpaired) electrons. The average Bonchev–Trinajstić information content (AvgIpc) is 3.47. The van der Waals surface area contributed by atoms with Crippen LogP contribution in [-0.4, -0.2) is 19.3 Å². The molecule has 2 nitrogen and oxygen atoms in total. The molecule has 0 amide bonds. The van der Waals surface area contributed by atoms with Crippen LogP contribution in [0, 0.1) is 0 Å². The lowest BCUT2D eigenvalue weighted by Gasteiger charge is -2.07. The molecule has 1 fully saturated rings. The summed E-state index contributed by atoms with van der Waals surface area (Å²) in [5, 5.41) is 0. The van der Waals surface area contributed by atoms with Crippen molar-refractivity contribution < 1.29 is 9.47 Å². The summed E-state index contributed by atoms with van der Waals surface area (Å²) in [7, 11) is 0. The summed E-state index contributed by atoms with van der Waals surface area (Å²) in [6, 6.07) is 8.64. The van der Waals surface area contributed by atoms with Gasteiger partial charge < -0.3 is 9.47 Å². The van der Waals surface area contributed by atoms with Crippen LogP contribution in [0.3, 0.4) is 0 Å². The predicted octanol–water partition coefficient (Wildman–Crippen LogP) is 7.10. The van der Waals surface area contributed by atoms with E-state index in [0.717, 1.165) is 25.4 Å². The van der Waals surface area contributed by atoms with Crippen LogP contribution in [0.5, 0.6) is 5.75 Å². The molecule has 2 rings (SSSR count). The summed E-state index contributed by atoms with van der Waals surface area (Å²) in [5.41, 5.74) is 1.41. The Morgan fingerprint density at radius 2 is 1.50 bits per heavy atom. The SMILES string of the molecule is CCCCCCCCCCCCCCc1cccc(OCCC2CO2)c1. The Bertz CT molecular complexity index is 453. The minimum absolute atomic E-state index is 0.458. The first-order valence-corrected chi connectivity index (χ1v) is 11.2. The van der Waals surface area contributed by atoms with Gasteiger partial charge in [0.15, 0.2) is 0 Å². The zero-order valence-corrected chi connectivity index (χ0v) is 17.0. The quantitative estimate of drug-likeness (QED) is 0.218. The third kappa shape index (κ3) is 10.9. The third-order valence-electron chi connectivity index (χ3n) is 5.33. The summed E-state index contributed by atoms with van der Waals surface area (Å²) in [5.74, 6) is 1.02. The van der Waals surface area contributed by atoms with Crippen molar-refractivity contribution in [2.75, 3.05) is 13.2 Å². The normalized spacial score (nSPS) is 16.0. The van der Waals surface area contributed by atoms with Gasteiger partial charge in [0.25, 0.3) is 0 Å². The van der Waals surface area contributed by atoms with Crippen LogP contribution in [-0.2, 0) is 11.2 Å². The van der Waals surface area contributed by atoms with E-state index in [-0.39, 0.29) is 0 Å². The molecule has 148 valence electrons. The van der Waals surface area contributed by atoms with E-state index in [4.69, 9.17) is 9.47 Å². The Labute approximate surface area is 161 Å². The highest BCUT2D eigenvalue weighted by molar-refractivity contribution is 5.28. The number of hydrogen-bond donors (Lipinski definition) is 0. The molecule has 0 saturated carbocycles. The van der Waals surface area contributed by atoms with Crippen LogP contribution in [0.2, 0.25) is 0 Å². The lowest BCUT2D eigenvalue weighted by atomic mass is 10.0. The minimum Gasteiger partial charge on any atom is -0.493 e. The van der Waals surface area contributed by atoms with Crippen molar-refractivity contribution in [2.45, 2.75) is 103 Å². The summed E-state index contributed by atoms with van der Waals surface area (Å²) >= 11 is 0. The smallest absolute Gasteiger partial charge is 0.119 e. The van der Waals surface area contributed by atoms with Crippen molar-refractivity contribution in [3.8, 4) is 5.75 Å². The first kappa shape index (κ1) is 21.3. The van der Waals surface area contributed by atoms with Gasteiger partial charge in [-0.25, -0.2) is 0 Å². The first-order valence-electron chi connectivity index (χ1n) is 11.2. The van der Waals surface area contributed by atoms with Crippen molar-refractivity contribution in [2.24, 2.45) is 0 Å². The molecule has 1 unspecified atom stereocenters. The van der Waals surface area contributed by atoms with Gasteiger partial charge in [-0.05, 0) is 30.5 Å². The van der Waals surface area contributed by atoms with Gasteiger partial charge >= 0.3 is 0 Å². The van der Waals surface area contributed by atoms with Gasteiger partial charge in [-0.15, -0.1) is 0 Å². The van der Waals surface area contributed by atoms with E-state index in [1.165, 1.54) is 89.0 Å². The average molecular weight is 361 g/mol. The number of rotatable bonds is 17. The van der Waals surface area contributed by atoms with E-state index in [1.54, 1.807) is 0 Å². The van der Waals surface area contributed by atoms with Gasteiger partial charge in [-0.1, -0.05) is 89.7 Å². The van der Waals surface area contributed by atoms with Gasteiger partial charge in [0, 0.05) is 6.42 Å². The Morgan fingerprint density at radius 3 is 2.12 bits per heavy atom. The molecule has 0 aromatic heterocycles. The molecular formula is C24H40O2. The summed E-state index contributed by atoms with van der Waals surface area (Å²) < 4.78 is 11.0. The highest BCUT2D eigenvalue weighted by Gasteiger charge is 2.21. The summed E-state index contributed by atoms with van der Waals surface area (Å²) in [4.78, 5) is 0. The lowest BCUT2D eigenvalue weighted by molar-refractivity contribution is 0.283. The van der Waals surface area contributed by atoms with E-state index >= 15 is 0 Å². The molecule has 1 aromatic carbocycles. The Morgan fingerprint density at radius 1 is 0.885 bits per heavy atom. The molecule has 0 bridgehead atoms. The maximum absolute atomic E-state index is 5.83. The lowest BCUT2D eigenvalue weighted by Crippen LogP contribution is -2.01. The second-order valence-electron chi connectivity index (χ2n) is 7.88. The molecular weight excluding hydrogens is 320 g/mol. The summed E-state index contributed by atoms with van der Waals surface area (Å²) in [6.07, 6.45) is 19.6. The van der Waals surface area contributed by atoms with Crippen LogP contribution in [0.15, 0.2) is 24.3 Å². The fraction of sp³-hybridized carbons (Fsp3) is 0.750. The molecule has 0 spiro atoms. The van der Waals surface area contributed by atoms with Crippen molar-refractivity contribution in [3.05, 3.63) is 29.8 Å². The molecule has 1 aliphatic heterocycles. The molecule has 1 heterocycles. The molecule has 0 aliphatic carbocycles. The van der Waals surface area contributed by atoms with Gasteiger partial charge in [-0.3, -0.25) is 0 Å². The second-order valence-corrected chi connectivity index (χ2v) is 7.88. The number of ether oxygens (including phenoxy) is 2. The molecule has 1 saturated heterocycles. The predicted molar refractivity (Wildman–Crippen MR) is 111 cm³/mol. The van der Waals surface area contributed by atoms with Crippen LogP contribution >= 0.6 is 0 Å². The zero-order valence-electron chi connectivity index (χ0n) is 17.0. The highest BCUT2D eigenvalue weighted by Crippen LogP contribution is 2.19. The van der Waals surface area contributed by atoms with E-state index in [2.05, 4.69) is 31.2 Å². The topological polar surface area (TPSA) is 21.8 Å². The van der Waals surface area contributed by atoms with Crippen LogP contribution in [0.25, 0.3) is 0 Å². The maximum atomic E-state index is 5.83. The largest absolute Gasteiger partial charge is 0.493 e. The van der Waals surface area contributed by atoms with E-state index in [1.807, 2.05) is 0 Å². The first-order chi connectivity index (χ1) is 12.9. The fourth-order valence-electron chi connectivity index (χ4n) is 3.50. The van der Waals surface area contributed by atoms with E-state index < -0.39 is 0 Å². The van der Waals surface area contributed by atoms with E-state index in [0.29, 0.717) is 6.10 Å². The number of epoxide rings is 1. The van der Waals surface area contributed by atoms with Gasteiger partial charge in [0.1, 0.15) is 5.75 Å². The van der Waals surface area contributed by atoms with Crippen LogP contribution < -0.4 is 4.74 Å². The third-order valence-corrected chi connectivity index (χ3v) is 5.33. The van der Waals surface area contributed by atoms with Gasteiger partial charge in [0.05, 0.1) is 19.3 Å². The number of benzene rings is 1. The number of hydrogen-bond acceptors (Lipinski definition) is 2. The molecule has 1 atom stereocenters. The Kier molecular flexibility index (Phi) is 11.5. The van der Waals surface area contributed by atoms with Crippen molar-refractivity contribution in [1.82, 2.24) is 0 Å². The van der Waals surface area contributed by atoms with Crippen LogP contribution in [0.4, 0.5) is 0 Å². The number of unbranched alkanes of at least 4 members (excludes halogenated alkanes) is 11. The minimum atomic E-state index is 0.458. The van der Waals surface area contributed by atoms with Crippen molar-refractivity contribution >= 4 is 0 Å². The fourth-order valence-corrected chi connectivity index (χ4v) is 3.50. The molecule has 1 aliphatic rings. The highest BCUT2D eigenvalue weighted by atomic mass is 16.6. The monoisotopic (exact) mass is 360 g/mol. The Balaban J connectivity index is 1.40. The van der Waals surface area contributed by atoms with Gasteiger partial charge in [-0.2, -0.15) is 0 Å². The molecule has 26 heavy (non-hydrogen) atoms. The Hall–Kier alpha value is -1.02. The van der Waals surface area contributed by atoms with Gasteiger partial charge in [0.2, 0.25) is 0 Å². The molecule has 1 aromatic rings. The standard InChI is InChI=1S/C24H40O2/c1-2-3-4-5-6-7-8-9-10-11-12-13-15-22-16-14-17-23(20-22)25-19-18-24-21-26-24/h14,16-17,20,24H,2-13,15,18-19,21H2,1H3. The molecule has 0 N–H and O–H groups in total. The molecule has 2 heteroatoms. The van der Waals surface area contributed by atoms with Crippen molar-refractivity contribution in [1.29, 1.82) is 0 Å². The maximum Gasteiger partial charge on any atom is 0.119 e. The number of aryl methyl sites for hydroxylation is 1.